The van der Waals surface area contributed by atoms with E-state index in [0.29, 0.717) is 27.8 Å². The molecule has 1 saturated heterocycles. The van der Waals surface area contributed by atoms with Crippen LogP contribution in [0, 0.1) is 11.8 Å². The first-order valence-electron chi connectivity index (χ1n) is 12.4. The van der Waals surface area contributed by atoms with Gasteiger partial charge in [-0.2, -0.15) is 0 Å². The number of ether oxygens (including phenoxy) is 1. The number of nitrogens with zero attached hydrogens (tertiary/aromatic N) is 1. The van der Waals surface area contributed by atoms with Gasteiger partial charge in [0.15, 0.2) is 6.10 Å². The predicted octanol–water partition coefficient (Wildman–Crippen LogP) is 4.78. The summed E-state index contributed by atoms with van der Waals surface area (Å²) in [5.74, 6) is -4.46. The molecule has 4 atom stereocenters. The summed E-state index contributed by atoms with van der Waals surface area (Å²) in [6.45, 7) is 2.88. The first-order valence-corrected chi connectivity index (χ1v) is 13.1. The van der Waals surface area contributed by atoms with Gasteiger partial charge >= 0.3 is 5.97 Å². The number of hydrogen-bond acceptors (Lipinski definition) is 5. The van der Waals surface area contributed by atoms with E-state index in [2.05, 4.69) is 0 Å². The van der Waals surface area contributed by atoms with Crippen molar-refractivity contribution >= 4 is 46.8 Å². The second kappa shape index (κ2) is 8.52. The molecule has 0 radical (unpaired) electrons. The molecular weight excluding hydrogens is 525 g/mol. The normalized spacial score (nSPS) is 28.3. The molecule has 0 aromatic heterocycles. The third-order valence-electron chi connectivity index (χ3n) is 8.07. The molecule has 1 aliphatic heterocycles. The van der Waals surface area contributed by atoms with Crippen molar-refractivity contribution in [2.45, 2.75) is 35.7 Å². The zero-order valence-electron chi connectivity index (χ0n) is 20.6. The summed E-state index contributed by atoms with van der Waals surface area (Å²) in [6, 6.07) is 21.8. The number of likely N-dealkylation sites (tertiary alicyclic amines) is 1. The highest BCUT2D eigenvalue weighted by Crippen LogP contribution is 2.69. The lowest BCUT2D eigenvalue weighted by Gasteiger charge is -2.54. The Morgan fingerprint density at radius 2 is 1.13 bits per heavy atom. The Labute approximate surface area is 229 Å². The van der Waals surface area contributed by atoms with Crippen LogP contribution in [0.3, 0.4) is 0 Å². The number of halogens is 2. The van der Waals surface area contributed by atoms with E-state index in [0.717, 1.165) is 4.90 Å². The third-order valence-corrected chi connectivity index (χ3v) is 9.35. The van der Waals surface area contributed by atoms with Gasteiger partial charge in [-0.1, -0.05) is 78.9 Å². The molecule has 6 nitrogen and oxygen atoms in total. The van der Waals surface area contributed by atoms with Gasteiger partial charge in [-0.25, -0.2) is 4.79 Å². The molecule has 3 aromatic rings. The van der Waals surface area contributed by atoms with Gasteiger partial charge in [-0.3, -0.25) is 19.3 Å². The number of esters is 1. The molecule has 7 rings (SSSR count). The minimum absolute atomic E-state index is 0.387. The molecule has 1 fully saturated rings. The van der Waals surface area contributed by atoms with E-state index in [1.54, 1.807) is 30.3 Å². The Kier molecular flexibility index (Phi) is 5.57. The Hall–Kier alpha value is -3.48. The molecule has 3 aliphatic carbocycles. The van der Waals surface area contributed by atoms with Crippen LogP contribution in [0.1, 0.15) is 46.5 Å². The minimum atomic E-state index is -1.34. The predicted molar refractivity (Wildman–Crippen MR) is 141 cm³/mol. The first-order chi connectivity index (χ1) is 18.1. The maximum absolute atomic E-state index is 14.0. The van der Waals surface area contributed by atoms with E-state index in [4.69, 9.17) is 27.9 Å². The lowest BCUT2D eigenvalue weighted by molar-refractivity contribution is -0.159. The molecule has 0 N–H and O–H groups in total. The number of rotatable bonds is 5. The van der Waals surface area contributed by atoms with E-state index in [1.807, 2.05) is 48.5 Å². The van der Waals surface area contributed by atoms with Crippen molar-refractivity contribution in [1.82, 2.24) is 4.90 Å². The minimum Gasteiger partial charge on any atom is -0.453 e. The molecule has 0 unspecified atom stereocenters. The Bertz CT molecular complexity index is 1400. The number of alkyl halides is 2. The molecule has 3 aromatic carbocycles. The summed E-state index contributed by atoms with van der Waals surface area (Å²) in [7, 11) is 0. The van der Waals surface area contributed by atoms with Gasteiger partial charge in [0.2, 0.25) is 17.6 Å². The van der Waals surface area contributed by atoms with Crippen LogP contribution in [-0.2, 0) is 28.9 Å². The average Bonchev–Trinajstić information content (AvgIpc) is 3.22. The van der Waals surface area contributed by atoms with Crippen LogP contribution in [0.4, 0.5) is 0 Å². The van der Waals surface area contributed by atoms with Gasteiger partial charge in [0.05, 0.1) is 11.8 Å². The van der Waals surface area contributed by atoms with Crippen molar-refractivity contribution in [1.29, 1.82) is 0 Å². The quantitative estimate of drug-likeness (QED) is 0.199. The van der Waals surface area contributed by atoms with Crippen molar-refractivity contribution < 1.29 is 23.9 Å². The molecule has 4 aliphatic rings. The van der Waals surface area contributed by atoms with E-state index in [9.17, 15) is 19.2 Å². The fourth-order valence-electron chi connectivity index (χ4n) is 6.34. The van der Waals surface area contributed by atoms with E-state index in [-0.39, 0.29) is 5.78 Å². The van der Waals surface area contributed by atoms with Gasteiger partial charge in [0, 0.05) is 5.56 Å². The summed E-state index contributed by atoms with van der Waals surface area (Å²) < 4.78 is 5.43. The average molecular weight is 548 g/mol. The van der Waals surface area contributed by atoms with Crippen molar-refractivity contribution in [3.63, 3.8) is 0 Å². The zero-order chi connectivity index (χ0) is 27.0. The van der Waals surface area contributed by atoms with Crippen LogP contribution in [0.2, 0.25) is 0 Å². The van der Waals surface area contributed by atoms with Gasteiger partial charge in [0.25, 0.3) is 0 Å². The number of amides is 2. The molecule has 192 valence electrons. The van der Waals surface area contributed by atoms with Gasteiger partial charge in [0.1, 0.15) is 15.8 Å². The van der Waals surface area contributed by atoms with Crippen LogP contribution in [0.5, 0.6) is 0 Å². The van der Waals surface area contributed by atoms with Crippen LogP contribution in [0.25, 0.3) is 0 Å². The van der Waals surface area contributed by atoms with Crippen LogP contribution in [0.15, 0.2) is 78.9 Å². The molecule has 2 amide bonds. The van der Waals surface area contributed by atoms with Crippen molar-refractivity contribution in [3.8, 4) is 0 Å². The number of imide groups is 1. The standard InChI is InChI=1S/C30H23Cl2NO5/c1-16(28(37)38-17(2)25(34)18-10-4-3-5-11-18)33-26(35)23-24(27(33)36)30(32)20-13-7-6-12-19(20)29(23,31)21-14-8-9-15-22(21)30/h3-17,23-24H,1-2H3/t16-,17-,23+,24+,29?,30?/m0/s1. The van der Waals surface area contributed by atoms with Crippen molar-refractivity contribution in [2.24, 2.45) is 11.8 Å². The van der Waals surface area contributed by atoms with E-state index in [1.165, 1.54) is 13.8 Å². The van der Waals surface area contributed by atoms with Gasteiger partial charge < -0.3 is 4.74 Å². The molecule has 0 spiro atoms. The maximum Gasteiger partial charge on any atom is 0.329 e. The van der Waals surface area contributed by atoms with Crippen LogP contribution in [-0.4, -0.2) is 40.6 Å². The lowest BCUT2D eigenvalue weighted by Crippen LogP contribution is -2.57. The molecule has 1 heterocycles. The molecule has 2 bridgehead atoms. The first kappa shape index (κ1) is 24.8. The third kappa shape index (κ3) is 3.07. The topological polar surface area (TPSA) is 80.8 Å². The smallest absolute Gasteiger partial charge is 0.329 e. The Balaban J connectivity index is 1.36. The van der Waals surface area contributed by atoms with Crippen LogP contribution >= 0.6 is 23.2 Å². The molecular formula is C30H23Cl2NO5. The van der Waals surface area contributed by atoms with Crippen molar-refractivity contribution in [2.75, 3.05) is 0 Å². The summed E-state index contributed by atoms with van der Waals surface area (Å²) in [4.78, 5) is 52.1. The number of carbonyl (C=O) groups excluding carboxylic acids is 4. The summed E-state index contributed by atoms with van der Waals surface area (Å²) >= 11 is 14.8. The monoisotopic (exact) mass is 547 g/mol. The maximum atomic E-state index is 14.0. The Morgan fingerprint density at radius 3 is 1.55 bits per heavy atom. The fourth-order valence-corrected chi connectivity index (χ4v) is 7.44. The highest BCUT2D eigenvalue weighted by molar-refractivity contribution is 6.36. The highest BCUT2D eigenvalue weighted by atomic mass is 35.5. The summed E-state index contributed by atoms with van der Waals surface area (Å²) in [6.07, 6.45) is -1.11. The second-order valence-corrected chi connectivity index (χ2v) is 11.2. The number of hydrogen-bond donors (Lipinski definition) is 0. The van der Waals surface area contributed by atoms with Gasteiger partial charge in [-0.15, -0.1) is 23.2 Å². The zero-order valence-corrected chi connectivity index (χ0v) is 22.1. The summed E-state index contributed by atoms with van der Waals surface area (Å²) in [5.41, 5.74) is 3.10. The van der Waals surface area contributed by atoms with E-state index < -0.39 is 51.5 Å². The van der Waals surface area contributed by atoms with E-state index >= 15 is 0 Å². The number of ketones is 1. The van der Waals surface area contributed by atoms with Crippen LogP contribution < -0.4 is 0 Å². The molecule has 0 saturated carbocycles. The number of benzene rings is 3. The fraction of sp³-hybridized carbons (Fsp3) is 0.267. The summed E-state index contributed by atoms with van der Waals surface area (Å²) in [5, 5.41) is 0. The van der Waals surface area contributed by atoms with Crippen molar-refractivity contribution in [3.05, 3.63) is 107 Å². The molecule has 38 heavy (non-hydrogen) atoms. The number of Topliss-reactive ketones (excluding diaryl/α,β-unsaturated/α-hetero) is 1. The molecule has 8 heteroatoms. The largest absolute Gasteiger partial charge is 0.453 e. The number of carbonyl (C=O) groups is 4. The lowest BCUT2D eigenvalue weighted by atomic mass is 9.54. The Morgan fingerprint density at radius 1 is 0.737 bits per heavy atom. The second-order valence-electron chi connectivity index (χ2n) is 10.0. The highest BCUT2D eigenvalue weighted by Gasteiger charge is 2.73. The van der Waals surface area contributed by atoms with Gasteiger partial charge in [-0.05, 0) is 36.1 Å². The SMILES string of the molecule is C[C@H](OC(=O)[C@H](C)N1C(=O)[C@H]2[C@H](C1=O)C1(Cl)c3ccccc3C2(Cl)c2ccccc21)C(=O)c1ccccc1.